The number of halogens is 3. The fourth-order valence-corrected chi connectivity index (χ4v) is 3.29. The first-order valence-electron chi connectivity index (χ1n) is 9.91. The van der Waals surface area contributed by atoms with Crippen LogP contribution in [0, 0.1) is 0 Å². The van der Waals surface area contributed by atoms with Crippen LogP contribution in [0.1, 0.15) is 0 Å². The molecular weight excluding hydrogens is 455 g/mol. The summed E-state index contributed by atoms with van der Waals surface area (Å²) in [5, 5.41) is 10.9. The Hall–Kier alpha value is -4.48. The van der Waals surface area contributed by atoms with Gasteiger partial charge in [0.05, 0.1) is 5.56 Å². The quantitative estimate of drug-likeness (QED) is 0.403. The van der Waals surface area contributed by atoms with E-state index in [1.54, 1.807) is 18.3 Å². The number of benzene rings is 2. The average Bonchev–Trinajstić information content (AvgIpc) is 3.48. The maximum Gasteiger partial charge on any atom is 0.573 e. The monoisotopic (exact) mass is 471 g/mol. The van der Waals surface area contributed by atoms with Crippen LogP contribution in [0.2, 0.25) is 0 Å². The van der Waals surface area contributed by atoms with Crippen molar-refractivity contribution in [1.29, 1.82) is 0 Å². The van der Waals surface area contributed by atoms with Crippen molar-refractivity contribution in [1.82, 2.24) is 15.2 Å². The topological polar surface area (TPSA) is 94.8 Å². The Bertz CT molecular complexity index is 1310. The van der Waals surface area contributed by atoms with Gasteiger partial charge in [0.2, 0.25) is 6.79 Å². The summed E-state index contributed by atoms with van der Waals surface area (Å²) in [5.74, 6) is 1.73. The van der Waals surface area contributed by atoms with E-state index in [0.29, 0.717) is 28.6 Å². The van der Waals surface area contributed by atoms with Crippen molar-refractivity contribution in [3.63, 3.8) is 0 Å². The summed E-state index contributed by atoms with van der Waals surface area (Å²) in [5.41, 5.74) is 1.83. The van der Waals surface area contributed by atoms with E-state index >= 15 is 0 Å². The minimum atomic E-state index is -4.76. The smallest absolute Gasteiger partial charge is 0.454 e. The lowest BCUT2D eigenvalue weighted by molar-refractivity contribution is -0.274. The molecule has 4 aromatic rings. The van der Waals surface area contributed by atoms with Crippen molar-refractivity contribution in [3.05, 3.63) is 60.8 Å². The highest BCUT2D eigenvalue weighted by Crippen LogP contribution is 2.38. The number of nitrogens with one attached hydrogen (secondary N) is 1. The van der Waals surface area contributed by atoms with Crippen molar-refractivity contribution in [2.24, 2.45) is 0 Å². The first-order chi connectivity index (χ1) is 16.4. The Kier molecular flexibility index (Phi) is 5.32. The summed E-state index contributed by atoms with van der Waals surface area (Å²) in [7, 11) is 1.84. The molecule has 0 spiro atoms. The first kappa shape index (κ1) is 21.4. The second-order valence-electron chi connectivity index (χ2n) is 7.08. The maximum absolute atomic E-state index is 12.3. The van der Waals surface area contributed by atoms with Crippen LogP contribution in [0.15, 0.2) is 65.2 Å². The second-order valence-corrected chi connectivity index (χ2v) is 7.08. The normalized spacial score (nSPS) is 12.5. The molecule has 0 saturated heterocycles. The molecule has 0 saturated carbocycles. The van der Waals surface area contributed by atoms with Crippen LogP contribution in [0.4, 0.5) is 36.4 Å². The lowest BCUT2D eigenvalue weighted by Crippen LogP contribution is -2.16. The van der Waals surface area contributed by atoms with E-state index in [9.17, 15) is 13.2 Å². The molecular formula is C22H16F3N5O4. The predicted molar refractivity (Wildman–Crippen MR) is 115 cm³/mol. The highest BCUT2D eigenvalue weighted by Gasteiger charge is 2.31. The molecule has 0 fully saturated rings. The maximum atomic E-state index is 12.3. The standard InChI is InChI=1S/C22H16F3N5O4/c1-30(14-6-9-17-18(11-14)32-12-31-17)19-16(3-2-10-26-19)20-28-29-21(33-20)27-13-4-7-15(8-5-13)34-22(23,24)25/h2-11H,12H2,1H3,(H,27,29). The van der Waals surface area contributed by atoms with E-state index in [1.807, 2.05) is 30.1 Å². The molecule has 1 N–H and O–H groups in total. The number of anilines is 4. The van der Waals surface area contributed by atoms with E-state index in [4.69, 9.17) is 13.9 Å². The molecule has 174 valence electrons. The van der Waals surface area contributed by atoms with Crippen LogP contribution in [0.25, 0.3) is 11.5 Å². The fourth-order valence-electron chi connectivity index (χ4n) is 3.29. The molecule has 12 heteroatoms. The number of fused-ring (bicyclic) bond motifs is 1. The number of nitrogens with zero attached hydrogens (tertiary/aromatic N) is 4. The third-order valence-corrected chi connectivity index (χ3v) is 4.84. The van der Waals surface area contributed by atoms with E-state index in [2.05, 4.69) is 25.2 Å². The van der Waals surface area contributed by atoms with Crippen molar-refractivity contribution in [2.45, 2.75) is 6.36 Å². The van der Waals surface area contributed by atoms with Gasteiger partial charge in [-0.3, -0.25) is 0 Å². The van der Waals surface area contributed by atoms with E-state index in [0.717, 1.165) is 5.69 Å². The fraction of sp³-hybridized carbons (Fsp3) is 0.136. The molecule has 3 heterocycles. The summed E-state index contributed by atoms with van der Waals surface area (Å²) in [6.45, 7) is 0.174. The highest BCUT2D eigenvalue weighted by atomic mass is 19.4. The van der Waals surface area contributed by atoms with Gasteiger partial charge in [0.25, 0.3) is 5.89 Å². The van der Waals surface area contributed by atoms with Gasteiger partial charge in [0.15, 0.2) is 11.5 Å². The minimum absolute atomic E-state index is 0.0556. The molecule has 34 heavy (non-hydrogen) atoms. The van der Waals surface area contributed by atoms with Gasteiger partial charge in [0.1, 0.15) is 11.6 Å². The number of pyridine rings is 1. The number of rotatable bonds is 6. The van der Waals surface area contributed by atoms with Gasteiger partial charge in [-0.05, 0) is 48.5 Å². The Labute approximate surface area is 190 Å². The lowest BCUT2D eigenvalue weighted by Gasteiger charge is -2.20. The number of hydrogen-bond acceptors (Lipinski definition) is 9. The van der Waals surface area contributed by atoms with Crippen LogP contribution < -0.4 is 24.4 Å². The van der Waals surface area contributed by atoms with Crippen LogP contribution in [0.3, 0.4) is 0 Å². The molecule has 9 nitrogen and oxygen atoms in total. The van der Waals surface area contributed by atoms with Gasteiger partial charge >= 0.3 is 12.4 Å². The summed E-state index contributed by atoms with van der Waals surface area (Å²) in [6.07, 6.45) is -3.12. The van der Waals surface area contributed by atoms with E-state index in [-0.39, 0.29) is 24.4 Å². The zero-order chi connectivity index (χ0) is 23.7. The van der Waals surface area contributed by atoms with Crippen LogP contribution in [-0.4, -0.2) is 35.4 Å². The summed E-state index contributed by atoms with van der Waals surface area (Å²) in [6, 6.07) is 14.2. The molecule has 0 unspecified atom stereocenters. The number of alkyl halides is 3. The lowest BCUT2D eigenvalue weighted by atomic mass is 10.2. The van der Waals surface area contributed by atoms with Crippen LogP contribution in [-0.2, 0) is 0 Å². The molecule has 0 atom stereocenters. The molecule has 0 amide bonds. The zero-order valence-corrected chi connectivity index (χ0v) is 17.5. The van der Waals surface area contributed by atoms with Crippen molar-refractivity contribution in [3.8, 4) is 28.7 Å². The third kappa shape index (κ3) is 4.51. The van der Waals surface area contributed by atoms with E-state index in [1.165, 1.54) is 24.3 Å². The molecule has 2 aromatic heterocycles. The summed E-state index contributed by atoms with van der Waals surface area (Å²) >= 11 is 0. The van der Waals surface area contributed by atoms with Gasteiger partial charge in [-0.15, -0.1) is 18.3 Å². The predicted octanol–water partition coefficient (Wildman–Crippen LogP) is 5.27. The van der Waals surface area contributed by atoms with Gasteiger partial charge in [-0.25, -0.2) is 4.98 Å². The molecule has 5 rings (SSSR count). The Morgan fingerprint density at radius 1 is 1.00 bits per heavy atom. The average molecular weight is 471 g/mol. The first-order valence-corrected chi connectivity index (χ1v) is 9.91. The highest BCUT2D eigenvalue weighted by molar-refractivity contribution is 5.76. The molecule has 0 aliphatic carbocycles. The van der Waals surface area contributed by atoms with Crippen LogP contribution >= 0.6 is 0 Å². The molecule has 2 aromatic carbocycles. The molecule has 0 bridgehead atoms. The minimum Gasteiger partial charge on any atom is -0.454 e. The van der Waals surface area contributed by atoms with Gasteiger partial charge in [-0.1, -0.05) is 5.10 Å². The number of ether oxygens (including phenoxy) is 3. The van der Waals surface area contributed by atoms with E-state index < -0.39 is 6.36 Å². The van der Waals surface area contributed by atoms with Gasteiger partial charge in [-0.2, -0.15) is 0 Å². The molecule has 1 aliphatic heterocycles. The van der Waals surface area contributed by atoms with Gasteiger partial charge < -0.3 is 28.8 Å². The van der Waals surface area contributed by atoms with Crippen LogP contribution in [0.5, 0.6) is 17.2 Å². The summed E-state index contributed by atoms with van der Waals surface area (Å²) in [4.78, 5) is 6.30. The molecule has 1 aliphatic rings. The van der Waals surface area contributed by atoms with Crippen molar-refractivity contribution in [2.75, 3.05) is 24.1 Å². The number of aromatic nitrogens is 3. The number of hydrogen-bond donors (Lipinski definition) is 1. The Morgan fingerprint density at radius 3 is 2.59 bits per heavy atom. The largest absolute Gasteiger partial charge is 0.573 e. The molecule has 0 radical (unpaired) electrons. The zero-order valence-electron chi connectivity index (χ0n) is 17.5. The van der Waals surface area contributed by atoms with Crippen molar-refractivity contribution < 1.29 is 31.8 Å². The summed E-state index contributed by atoms with van der Waals surface area (Å²) < 4.78 is 57.3. The van der Waals surface area contributed by atoms with Crippen molar-refractivity contribution >= 4 is 23.2 Å². The Balaban J connectivity index is 1.35. The second kappa shape index (κ2) is 8.46. The SMILES string of the molecule is CN(c1ccc2c(c1)OCO2)c1ncccc1-c1nnc(Nc2ccc(OC(F)(F)F)cc2)o1. The Morgan fingerprint density at radius 2 is 1.79 bits per heavy atom. The van der Waals surface area contributed by atoms with Gasteiger partial charge in [0, 0.05) is 30.7 Å². The third-order valence-electron chi connectivity index (χ3n) is 4.84.